The summed E-state index contributed by atoms with van der Waals surface area (Å²) in [6.45, 7) is 0.118. The molecule has 3 heterocycles. The van der Waals surface area contributed by atoms with Gasteiger partial charge in [0.05, 0.1) is 5.69 Å². The molecule has 1 aliphatic heterocycles. The minimum atomic E-state index is -3.83. The molecule has 100 valence electrons. The number of amides is 1. The highest BCUT2D eigenvalue weighted by molar-refractivity contribution is 7.92. The Morgan fingerprint density at radius 2 is 2.11 bits per heavy atom. The first-order valence-electron chi connectivity index (χ1n) is 5.31. The fourth-order valence-corrected chi connectivity index (χ4v) is 3.09. The number of ether oxygens (including phenoxy) is 1. The summed E-state index contributed by atoms with van der Waals surface area (Å²) in [4.78, 5) is 16.4. The minimum absolute atomic E-state index is 0.0631. The first-order valence-corrected chi connectivity index (χ1v) is 6.80. The van der Waals surface area contributed by atoms with E-state index in [9.17, 15) is 13.2 Å². The van der Waals surface area contributed by atoms with Crippen LogP contribution in [0.3, 0.4) is 0 Å². The van der Waals surface area contributed by atoms with Gasteiger partial charge in [-0.1, -0.05) is 0 Å². The number of hydrogen-bond acceptors (Lipinski definition) is 4. The topological polar surface area (TPSA) is 130 Å². The molecule has 2 aromatic rings. The summed E-state index contributed by atoms with van der Waals surface area (Å²) in [7, 11) is -3.83. The molecule has 1 aliphatic rings. The highest BCUT2D eigenvalue weighted by atomic mass is 32.2. The Hall–Kier alpha value is -2.42. The molecule has 0 saturated heterocycles. The van der Waals surface area contributed by atoms with Crippen molar-refractivity contribution in [3.63, 3.8) is 0 Å². The van der Waals surface area contributed by atoms with Crippen LogP contribution >= 0.6 is 0 Å². The number of primary amides is 1. The summed E-state index contributed by atoms with van der Waals surface area (Å²) in [5, 5.41) is 0. The Kier molecular flexibility index (Phi) is 2.32. The lowest BCUT2D eigenvalue weighted by Crippen LogP contribution is -2.18. The molecule has 9 heteroatoms. The molecule has 8 nitrogen and oxygen atoms in total. The van der Waals surface area contributed by atoms with Gasteiger partial charge in [-0.2, -0.15) is 0 Å². The average Bonchev–Trinajstić information content (AvgIpc) is 2.90. The van der Waals surface area contributed by atoms with Gasteiger partial charge in [-0.25, -0.2) is 8.42 Å². The lowest BCUT2D eigenvalue weighted by atomic mass is 10.3. The van der Waals surface area contributed by atoms with Gasteiger partial charge in [0.1, 0.15) is 17.2 Å². The molecule has 0 unspecified atom stereocenters. The van der Waals surface area contributed by atoms with Crippen LogP contribution < -0.4 is 15.2 Å². The lowest BCUT2D eigenvalue weighted by molar-refractivity contribution is 0.0991. The van der Waals surface area contributed by atoms with Crippen LogP contribution in [0.1, 0.15) is 16.1 Å². The molecule has 0 radical (unpaired) electrons. The van der Waals surface area contributed by atoms with Gasteiger partial charge < -0.3 is 20.4 Å². The van der Waals surface area contributed by atoms with E-state index in [0.29, 0.717) is 11.3 Å². The van der Waals surface area contributed by atoms with Crippen molar-refractivity contribution in [2.75, 3.05) is 4.72 Å². The number of hydrogen-bond donors (Lipinski definition) is 4. The van der Waals surface area contributed by atoms with Gasteiger partial charge >= 0.3 is 0 Å². The van der Waals surface area contributed by atoms with Gasteiger partial charge in [0.2, 0.25) is 0 Å². The van der Waals surface area contributed by atoms with Crippen LogP contribution in [0.15, 0.2) is 23.5 Å². The van der Waals surface area contributed by atoms with Crippen molar-refractivity contribution < 1.29 is 17.9 Å². The summed E-state index contributed by atoms with van der Waals surface area (Å²) in [6, 6.07) is 0. The fourth-order valence-electron chi connectivity index (χ4n) is 1.88. The molecule has 0 spiro atoms. The lowest BCUT2D eigenvalue weighted by Gasteiger charge is -2.15. The van der Waals surface area contributed by atoms with E-state index in [1.165, 1.54) is 12.4 Å². The molecular weight excluding hydrogens is 272 g/mol. The number of carbonyl (C=O) groups excluding carboxylic acids is 1. The Labute approximate surface area is 108 Å². The predicted molar refractivity (Wildman–Crippen MR) is 65.2 cm³/mol. The van der Waals surface area contributed by atoms with Crippen LogP contribution in [0.5, 0.6) is 5.75 Å². The highest BCUT2D eigenvalue weighted by Crippen LogP contribution is 2.33. The second-order valence-electron chi connectivity index (χ2n) is 4.01. The third kappa shape index (κ3) is 1.74. The van der Waals surface area contributed by atoms with Crippen LogP contribution in [-0.2, 0) is 16.6 Å². The largest absolute Gasteiger partial charge is 0.485 e. The standard InChI is InChI=1S/C10H10N4O4S/c11-10(15)8-9-7(3-13-8)19(16,17)14-6-2-12-1-5(6)4-18-9/h1-3,12-14H,4H2,(H2,11,15). The number of carbonyl (C=O) groups is 1. The normalized spacial score (nSPS) is 16.2. The molecular formula is C10H10N4O4S. The number of aromatic amines is 2. The molecule has 0 fully saturated rings. The van der Waals surface area contributed by atoms with Crippen LogP contribution in [0.2, 0.25) is 0 Å². The number of H-pyrrole nitrogens is 2. The van der Waals surface area contributed by atoms with Crippen molar-refractivity contribution in [2.24, 2.45) is 5.73 Å². The van der Waals surface area contributed by atoms with Crippen molar-refractivity contribution in [3.05, 3.63) is 29.8 Å². The molecule has 1 amide bonds. The molecule has 2 aromatic heterocycles. The molecule has 0 aliphatic carbocycles. The molecule has 19 heavy (non-hydrogen) atoms. The molecule has 0 atom stereocenters. The maximum Gasteiger partial charge on any atom is 0.269 e. The SMILES string of the molecule is NC(=O)c1[nH]cc2c1OCc1c[nH]cc1NS2(=O)=O. The smallest absolute Gasteiger partial charge is 0.269 e. The van der Waals surface area contributed by atoms with Crippen LogP contribution in [-0.4, -0.2) is 24.3 Å². The van der Waals surface area contributed by atoms with E-state index in [1.54, 1.807) is 6.20 Å². The highest BCUT2D eigenvalue weighted by Gasteiger charge is 2.29. The zero-order chi connectivity index (χ0) is 13.6. The van der Waals surface area contributed by atoms with Crippen molar-refractivity contribution >= 4 is 21.6 Å². The molecule has 0 bridgehead atoms. The second kappa shape index (κ2) is 3.79. The molecule has 5 N–H and O–H groups in total. The third-order valence-corrected chi connectivity index (χ3v) is 4.15. The summed E-state index contributed by atoms with van der Waals surface area (Å²) in [5.74, 6) is -0.849. The summed E-state index contributed by atoms with van der Waals surface area (Å²) >= 11 is 0. The van der Waals surface area contributed by atoms with Gasteiger partial charge in [-0.15, -0.1) is 0 Å². The molecule has 0 aromatic carbocycles. The van der Waals surface area contributed by atoms with Crippen molar-refractivity contribution in [1.82, 2.24) is 9.97 Å². The molecule has 0 saturated carbocycles. The van der Waals surface area contributed by atoms with E-state index in [-0.39, 0.29) is 22.9 Å². The first-order chi connectivity index (χ1) is 8.99. The van der Waals surface area contributed by atoms with Crippen molar-refractivity contribution in [1.29, 1.82) is 0 Å². The Bertz CT molecular complexity index is 758. The Balaban J connectivity index is 2.18. The number of rotatable bonds is 1. The first kappa shape index (κ1) is 11.7. The van der Waals surface area contributed by atoms with E-state index in [1.807, 2.05) is 0 Å². The van der Waals surface area contributed by atoms with Gasteiger partial charge in [0.15, 0.2) is 5.75 Å². The van der Waals surface area contributed by atoms with E-state index in [4.69, 9.17) is 10.5 Å². The van der Waals surface area contributed by atoms with Gasteiger partial charge in [0.25, 0.3) is 15.9 Å². The Morgan fingerprint density at radius 1 is 1.32 bits per heavy atom. The zero-order valence-corrected chi connectivity index (χ0v) is 10.4. The van der Waals surface area contributed by atoms with Gasteiger partial charge in [-0.05, 0) is 0 Å². The fraction of sp³-hybridized carbons (Fsp3) is 0.100. The Morgan fingerprint density at radius 3 is 2.84 bits per heavy atom. The maximum atomic E-state index is 12.2. The average molecular weight is 282 g/mol. The number of aromatic nitrogens is 2. The van der Waals surface area contributed by atoms with Crippen molar-refractivity contribution in [2.45, 2.75) is 11.5 Å². The van der Waals surface area contributed by atoms with E-state index < -0.39 is 15.9 Å². The summed E-state index contributed by atoms with van der Waals surface area (Å²) < 4.78 is 32.2. The van der Waals surface area contributed by atoms with E-state index in [0.717, 1.165) is 0 Å². The van der Waals surface area contributed by atoms with Crippen molar-refractivity contribution in [3.8, 4) is 5.75 Å². The van der Waals surface area contributed by atoms with Crippen LogP contribution in [0.25, 0.3) is 0 Å². The summed E-state index contributed by atoms with van der Waals surface area (Å²) in [5.41, 5.74) is 6.13. The number of nitrogens with one attached hydrogen (secondary N) is 3. The monoisotopic (exact) mass is 282 g/mol. The van der Waals surface area contributed by atoms with Crippen LogP contribution in [0, 0.1) is 0 Å². The number of sulfonamides is 1. The summed E-state index contributed by atoms with van der Waals surface area (Å²) in [6.07, 6.45) is 4.30. The van der Waals surface area contributed by atoms with Gasteiger partial charge in [0, 0.05) is 24.2 Å². The number of anilines is 1. The zero-order valence-electron chi connectivity index (χ0n) is 9.56. The number of fused-ring (bicyclic) bond motifs is 2. The van der Waals surface area contributed by atoms with Gasteiger partial charge in [-0.3, -0.25) is 9.52 Å². The van der Waals surface area contributed by atoms with Crippen LogP contribution in [0.4, 0.5) is 5.69 Å². The second-order valence-corrected chi connectivity index (χ2v) is 5.66. The quantitative estimate of drug-likeness (QED) is 0.592. The van der Waals surface area contributed by atoms with E-state index >= 15 is 0 Å². The predicted octanol–water partition coefficient (Wildman–Crippen LogP) is 0.135. The molecule has 3 rings (SSSR count). The van der Waals surface area contributed by atoms with E-state index in [2.05, 4.69) is 14.7 Å². The maximum absolute atomic E-state index is 12.2. The minimum Gasteiger partial charge on any atom is -0.485 e. The number of nitrogens with two attached hydrogens (primary N) is 1. The third-order valence-electron chi connectivity index (χ3n) is 2.78.